The van der Waals surface area contributed by atoms with Crippen molar-refractivity contribution in [2.24, 2.45) is 0 Å². The van der Waals surface area contributed by atoms with Crippen LogP contribution in [0.15, 0.2) is 76.8 Å². The van der Waals surface area contributed by atoms with E-state index in [-0.39, 0.29) is 12.2 Å². The highest BCUT2D eigenvalue weighted by molar-refractivity contribution is 9.10. The molecule has 1 N–H and O–H groups in total. The minimum absolute atomic E-state index is 0.0200. The number of rotatable bonds is 8. The van der Waals surface area contributed by atoms with E-state index in [1.54, 1.807) is 18.2 Å². The number of hydrogen-bond acceptors (Lipinski definition) is 4. The molecule has 0 heterocycles. The number of amides is 1. The fraction of sp³-hybridized carbons (Fsp3) is 0.120. The largest absolute Gasteiger partial charge is 0.493 e. The van der Waals surface area contributed by atoms with Crippen LogP contribution in [0.5, 0.6) is 11.5 Å². The molecular weight excluding hydrogens is 492 g/mol. The zero-order valence-corrected chi connectivity index (χ0v) is 19.6. The number of carbonyl (C=O) groups is 1. The van der Waals surface area contributed by atoms with E-state index in [9.17, 15) is 10.1 Å². The predicted octanol–water partition coefficient (Wildman–Crippen LogP) is 5.91. The van der Waals surface area contributed by atoms with Gasteiger partial charge in [-0.25, -0.2) is 0 Å². The summed E-state index contributed by atoms with van der Waals surface area (Å²) < 4.78 is 12.0. The molecule has 32 heavy (non-hydrogen) atoms. The van der Waals surface area contributed by atoms with Gasteiger partial charge in [-0.3, -0.25) is 4.79 Å². The van der Waals surface area contributed by atoms with Crippen molar-refractivity contribution in [3.63, 3.8) is 0 Å². The lowest BCUT2D eigenvalue weighted by atomic mass is 10.1. The molecule has 0 aliphatic carbocycles. The van der Waals surface area contributed by atoms with Crippen molar-refractivity contribution in [3.05, 3.63) is 98.5 Å². The summed E-state index contributed by atoms with van der Waals surface area (Å²) in [6, 6.07) is 22.3. The Balaban J connectivity index is 1.77. The van der Waals surface area contributed by atoms with Crippen molar-refractivity contribution >= 4 is 39.5 Å². The fourth-order valence-electron chi connectivity index (χ4n) is 2.88. The van der Waals surface area contributed by atoms with Gasteiger partial charge in [0.05, 0.1) is 7.11 Å². The molecule has 162 valence electrons. The van der Waals surface area contributed by atoms with E-state index in [4.69, 9.17) is 21.1 Å². The molecule has 7 heteroatoms. The Morgan fingerprint density at radius 1 is 1.12 bits per heavy atom. The van der Waals surface area contributed by atoms with Crippen LogP contribution in [0, 0.1) is 11.3 Å². The maximum atomic E-state index is 12.5. The molecular formula is C25H20BrClN2O3. The van der Waals surface area contributed by atoms with Gasteiger partial charge in [0.2, 0.25) is 0 Å². The summed E-state index contributed by atoms with van der Waals surface area (Å²) in [5, 5.41) is 12.9. The van der Waals surface area contributed by atoms with Crippen LogP contribution in [-0.4, -0.2) is 13.0 Å². The molecule has 5 nitrogen and oxygen atoms in total. The maximum absolute atomic E-state index is 12.5. The number of carbonyl (C=O) groups excluding carboxylic acids is 1. The highest BCUT2D eigenvalue weighted by Crippen LogP contribution is 2.35. The summed E-state index contributed by atoms with van der Waals surface area (Å²) in [4.78, 5) is 12.5. The first-order chi connectivity index (χ1) is 15.5. The third-order valence-electron chi connectivity index (χ3n) is 4.58. The summed E-state index contributed by atoms with van der Waals surface area (Å²) in [6.07, 6.45) is 1.50. The minimum atomic E-state index is -0.457. The zero-order valence-electron chi connectivity index (χ0n) is 17.3. The van der Waals surface area contributed by atoms with Gasteiger partial charge in [0.25, 0.3) is 5.91 Å². The van der Waals surface area contributed by atoms with Gasteiger partial charge in [0.1, 0.15) is 18.2 Å². The second-order valence-corrected chi connectivity index (χ2v) is 8.00. The number of nitrogens with zero attached hydrogens (tertiary/aromatic N) is 1. The van der Waals surface area contributed by atoms with E-state index in [2.05, 4.69) is 21.2 Å². The number of hydrogen-bond donors (Lipinski definition) is 1. The van der Waals surface area contributed by atoms with Gasteiger partial charge in [-0.2, -0.15) is 5.26 Å². The SMILES string of the molecule is COc1cc(C=C(C#N)C(=O)NCc2ccccc2)c(Br)cc1OCc1ccccc1Cl. The standard InChI is InChI=1S/C25H20BrClN2O3/c1-31-23-12-19(11-20(14-28)25(30)29-15-17-7-3-2-4-8-17)21(26)13-24(23)32-16-18-9-5-6-10-22(18)27/h2-13H,15-16H2,1H3,(H,29,30). The summed E-state index contributed by atoms with van der Waals surface area (Å²) in [7, 11) is 1.52. The normalized spacial score (nSPS) is 10.9. The van der Waals surface area contributed by atoms with Crippen LogP contribution in [0.3, 0.4) is 0 Å². The second-order valence-electron chi connectivity index (χ2n) is 6.74. The Hall–Kier alpha value is -3.27. The van der Waals surface area contributed by atoms with Gasteiger partial charge in [-0.1, -0.05) is 76.1 Å². The molecule has 0 unspecified atom stereocenters. The van der Waals surface area contributed by atoms with Crippen molar-refractivity contribution in [2.45, 2.75) is 13.2 Å². The molecule has 0 saturated carbocycles. The lowest BCUT2D eigenvalue weighted by Gasteiger charge is -2.14. The minimum Gasteiger partial charge on any atom is -0.493 e. The third-order valence-corrected chi connectivity index (χ3v) is 5.64. The first-order valence-corrected chi connectivity index (χ1v) is 10.9. The smallest absolute Gasteiger partial charge is 0.262 e. The highest BCUT2D eigenvalue weighted by Gasteiger charge is 2.14. The van der Waals surface area contributed by atoms with E-state index in [1.807, 2.05) is 54.6 Å². The first-order valence-electron chi connectivity index (χ1n) is 9.69. The molecule has 0 fully saturated rings. The van der Waals surface area contributed by atoms with Gasteiger partial charge in [0.15, 0.2) is 11.5 Å². The Bertz CT molecular complexity index is 1170. The highest BCUT2D eigenvalue weighted by atomic mass is 79.9. The lowest BCUT2D eigenvalue weighted by molar-refractivity contribution is -0.117. The number of halogens is 2. The Labute approximate surface area is 200 Å². The Morgan fingerprint density at radius 2 is 1.84 bits per heavy atom. The van der Waals surface area contributed by atoms with Crippen molar-refractivity contribution < 1.29 is 14.3 Å². The molecule has 0 aliphatic heterocycles. The van der Waals surface area contributed by atoms with Crippen LogP contribution >= 0.6 is 27.5 Å². The predicted molar refractivity (Wildman–Crippen MR) is 128 cm³/mol. The number of ether oxygens (including phenoxy) is 2. The van der Waals surface area contributed by atoms with Crippen LogP contribution in [0.1, 0.15) is 16.7 Å². The molecule has 3 aromatic rings. The molecule has 0 atom stereocenters. The van der Waals surface area contributed by atoms with E-state index in [0.29, 0.717) is 33.1 Å². The fourth-order valence-corrected chi connectivity index (χ4v) is 3.51. The zero-order chi connectivity index (χ0) is 22.9. The van der Waals surface area contributed by atoms with Gasteiger partial charge >= 0.3 is 0 Å². The third kappa shape index (κ3) is 6.13. The van der Waals surface area contributed by atoms with Gasteiger partial charge in [0, 0.05) is 21.6 Å². The van der Waals surface area contributed by atoms with Gasteiger partial charge in [-0.15, -0.1) is 0 Å². The lowest BCUT2D eigenvalue weighted by Crippen LogP contribution is -2.23. The van der Waals surface area contributed by atoms with Crippen molar-refractivity contribution in [1.29, 1.82) is 5.26 Å². The average Bonchev–Trinajstić information content (AvgIpc) is 2.82. The number of nitrogens with one attached hydrogen (secondary N) is 1. The first kappa shape index (κ1) is 23.4. The van der Waals surface area contributed by atoms with E-state index in [1.165, 1.54) is 13.2 Å². The molecule has 0 spiro atoms. The van der Waals surface area contributed by atoms with Gasteiger partial charge in [-0.05, 0) is 35.4 Å². The van der Waals surface area contributed by atoms with Crippen LogP contribution < -0.4 is 14.8 Å². The van der Waals surface area contributed by atoms with Crippen LogP contribution in [0.25, 0.3) is 6.08 Å². The van der Waals surface area contributed by atoms with Crippen LogP contribution in [0.4, 0.5) is 0 Å². The number of benzene rings is 3. The summed E-state index contributed by atoms with van der Waals surface area (Å²) in [5.74, 6) is 0.512. The Morgan fingerprint density at radius 3 is 2.53 bits per heavy atom. The molecule has 3 aromatic carbocycles. The number of nitriles is 1. The Kier molecular flexibility index (Phi) is 8.32. The summed E-state index contributed by atoms with van der Waals surface area (Å²) in [5.41, 5.74) is 2.38. The van der Waals surface area contributed by atoms with Crippen molar-refractivity contribution in [3.8, 4) is 17.6 Å². The van der Waals surface area contributed by atoms with Crippen LogP contribution in [-0.2, 0) is 17.9 Å². The molecule has 0 saturated heterocycles. The van der Waals surface area contributed by atoms with Gasteiger partial charge < -0.3 is 14.8 Å². The number of methoxy groups -OCH3 is 1. The average molecular weight is 512 g/mol. The summed E-state index contributed by atoms with van der Waals surface area (Å²) >= 11 is 9.68. The molecule has 0 aliphatic rings. The van der Waals surface area contributed by atoms with E-state index < -0.39 is 5.91 Å². The van der Waals surface area contributed by atoms with Crippen LogP contribution in [0.2, 0.25) is 5.02 Å². The molecule has 0 aromatic heterocycles. The summed E-state index contributed by atoms with van der Waals surface area (Å²) in [6.45, 7) is 0.598. The molecule has 0 radical (unpaired) electrons. The topological polar surface area (TPSA) is 71.3 Å². The van der Waals surface area contributed by atoms with E-state index >= 15 is 0 Å². The van der Waals surface area contributed by atoms with E-state index in [0.717, 1.165) is 11.1 Å². The molecule has 1 amide bonds. The monoisotopic (exact) mass is 510 g/mol. The molecule has 0 bridgehead atoms. The quantitative estimate of drug-likeness (QED) is 0.301. The maximum Gasteiger partial charge on any atom is 0.262 e. The molecule has 3 rings (SSSR count). The second kappa shape index (κ2) is 11.4. The van der Waals surface area contributed by atoms with Crippen molar-refractivity contribution in [2.75, 3.05) is 7.11 Å². The van der Waals surface area contributed by atoms with Crippen molar-refractivity contribution in [1.82, 2.24) is 5.32 Å².